The molecule has 0 unspecified atom stereocenters. The van der Waals surface area contributed by atoms with Gasteiger partial charge >= 0.3 is 11.5 Å². The van der Waals surface area contributed by atoms with Gasteiger partial charge in [-0.1, -0.05) is 54.6 Å². The van der Waals surface area contributed by atoms with Crippen LogP contribution in [0.1, 0.15) is 11.1 Å². The molecule has 0 saturated carbocycles. The van der Waals surface area contributed by atoms with Crippen LogP contribution < -0.4 is 11.2 Å². The lowest BCUT2D eigenvalue weighted by atomic mass is 10.1. The van der Waals surface area contributed by atoms with E-state index in [-0.39, 0.29) is 17.9 Å². The van der Waals surface area contributed by atoms with Gasteiger partial charge in [0.1, 0.15) is 0 Å². The zero-order chi connectivity index (χ0) is 20.1. The van der Waals surface area contributed by atoms with Crippen molar-refractivity contribution < 1.29 is 4.42 Å². The Morgan fingerprint density at radius 1 is 1.00 bits per heavy atom. The molecule has 0 fully saturated rings. The van der Waals surface area contributed by atoms with E-state index in [9.17, 15) is 9.59 Å². The number of nitrogens with zero attached hydrogens (tertiary/aromatic N) is 4. The van der Waals surface area contributed by atoms with Crippen molar-refractivity contribution in [3.8, 4) is 11.3 Å². The van der Waals surface area contributed by atoms with Gasteiger partial charge in [-0.3, -0.25) is 18.3 Å². The molecule has 0 atom stereocenters. The lowest BCUT2D eigenvalue weighted by molar-refractivity contribution is 0.610. The lowest BCUT2D eigenvalue weighted by Crippen LogP contribution is -2.39. The van der Waals surface area contributed by atoms with Crippen LogP contribution in [-0.2, 0) is 13.6 Å². The van der Waals surface area contributed by atoms with Gasteiger partial charge in [-0.2, -0.15) is 4.98 Å². The number of fused-ring (bicyclic) bond motifs is 3. The lowest BCUT2D eigenvalue weighted by Gasteiger charge is -2.10. The Balaban J connectivity index is 1.76. The van der Waals surface area contributed by atoms with Gasteiger partial charge < -0.3 is 4.42 Å². The molecule has 0 aliphatic heterocycles. The third-order valence-corrected chi connectivity index (χ3v) is 5.24. The summed E-state index contributed by atoms with van der Waals surface area (Å²) in [5.41, 5.74) is 2.66. The van der Waals surface area contributed by atoms with Crippen LogP contribution in [-0.4, -0.2) is 18.5 Å². The summed E-state index contributed by atoms with van der Waals surface area (Å²) in [6.07, 6.45) is 1.74. The maximum Gasteiger partial charge on any atom is 0.332 e. The highest BCUT2D eigenvalue weighted by Crippen LogP contribution is 2.24. The SMILES string of the molecule is Cc1ccccc1Cn1c(=O)c2c(nc3oc(-c4ccccc4)cn32)n(C)c1=O. The molecular weight excluding hydrogens is 368 g/mol. The molecule has 0 bridgehead atoms. The average Bonchev–Trinajstić information content (AvgIpc) is 3.30. The summed E-state index contributed by atoms with van der Waals surface area (Å²) >= 11 is 0. The van der Waals surface area contributed by atoms with Gasteiger partial charge in [0.2, 0.25) is 0 Å². The van der Waals surface area contributed by atoms with Crippen molar-refractivity contribution >= 4 is 17.0 Å². The molecule has 0 amide bonds. The zero-order valence-corrected chi connectivity index (χ0v) is 16.0. The quantitative estimate of drug-likeness (QED) is 0.478. The van der Waals surface area contributed by atoms with E-state index in [0.29, 0.717) is 16.9 Å². The second-order valence-electron chi connectivity index (χ2n) is 7.06. The number of rotatable bonds is 3. The molecule has 0 aliphatic rings. The molecule has 0 aliphatic carbocycles. The van der Waals surface area contributed by atoms with Crippen molar-refractivity contribution in [2.45, 2.75) is 13.5 Å². The maximum atomic E-state index is 13.3. The van der Waals surface area contributed by atoms with Gasteiger partial charge in [0.15, 0.2) is 16.9 Å². The standard InChI is InChI=1S/C22H18N4O3/c1-14-8-6-7-11-16(14)12-26-20(27)18-19(24(2)22(26)28)23-21-25(18)13-17(29-21)15-9-4-3-5-10-15/h3-11,13H,12H2,1-2H3. The smallest absolute Gasteiger partial charge is 0.332 e. The number of imidazole rings is 1. The van der Waals surface area contributed by atoms with Gasteiger partial charge in [-0.25, -0.2) is 4.79 Å². The number of oxazole rings is 1. The number of hydrogen-bond donors (Lipinski definition) is 0. The molecule has 7 nitrogen and oxygen atoms in total. The molecule has 29 heavy (non-hydrogen) atoms. The van der Waals surface area contributed by atoms with Crippen molar-refractivity contribution in [3.63, 3.8) is 0 Å². The Kier molecular flexibility index (Phi) is 3.77. The summed E-state index contributed by atoms with van der Waals surface area (Å²) < 4.78 is 10.1. The van der Waals surface area contributed by atoms with Gasteiger partial charge in [-0.15, -0.1) is 0 Å². The monoisotopic (exact) mass is 386 g/mol. The molecule has 0 radical (unpaired) electrons. The molecule has 0 saturated heterocycles. The predicted octanol–water partition coefficient (Wildman–Crippen LogP) is 2.96. The summed E-state index contributed by atoms with van der Waals surface area (Å²) in [4.78, 5) is 30.5. The average molecular weight is 386 g/mol. The Bertz CT molecular complexity index is 1490. The first-order valence-electron chi connectivity index (χ1n) is 9.26. The number of benzene rings is 2. The Hall–Kier alpha value is -3.87. The van der Waals surface area contributed by atoms with Crippen LogP contribution in [0.15, 0.2) is 74.8 Å². The predicted molar refractivity (Wildman–Crippen MR) is 110 cm³/mol. The van der Waals surface area contributed by atoms with Crippen molar-refractivity contribution in [1.82, 2.24) is 18.5 Å². The second-order valence-corrected chi connectivity index (χ2v) is 7.06. The normalized spacial score (nSPS) is 11.5. The van der Waals surface area contributed by atoms with Crippen molar-refractivity contribution in [1.29, 1.82) is 0 Å². The number of aryl methyl sites for hydroxylation is 2. The number of hydrogen-bond acceptors (Lipinski definition) is 4. The largest absolute Gasteiger partial charge is 0.423 e. The molecule has 3 aromatic heterocycles. The third-order valence-electron chi connectivity index (χ3n) is 5.24. The van der Waals surface area contributed by atoms with E-state index in [4.69, 9.17) is 4.42 Å². The van der Waals surface area contributed by atoms with E-state index in [0.717, 1.165) is 16.7 Å². The van der Waals surface area contributed by atoms with E-state index in [2.05, 4.69) is 4.98 Å². The minimum Gasteiger partial charge on any atom is -0.423 e. The van der Waals surface area contributed by atoms with Gasteiger partial charge in [0, 0.05) is 12.6 Å². The fourth-order valence-electron chi connectivity index (χ4n) is 3.59. The topological polar surface area (TPSA) is 74.4 Å². The van der Waals surface area contributed by atoms with Gasteiger partial charge in [-0.05, 0) is 18.1 Å². The Morgan fingerprint density at radius 2 is 1.72 bits per heavy atom. The highest BCUT2D eigenvalue weighted by Gasteiger charge is 2.20. The van der Waals surface area contributed by atoms with Crippen LogP contribution >= 0.6 is 0 Å². The highest BCUT2D eigenvalue weighted by molar-refractivity contribution is 5.76. The molecular formula is C22H18N4O3. The van der Waals surface area contributed by atoms with Crippen LogP contribution in [0.4, 0.5) is 0 Å². The summed E-state index contributed by atoms with van der Waals surface area (Å²) in [6, 6.07) is 17.3. The third kappa shape index (κ3) is 2.62. The van der Waals surface area contributed by atoms with Crippen LogP contribution in [0.5, 0.6) is 0 Å². The minimum absolute atomic E-state index is 0.199. The minimum atomic E-state index is -0.408. The van der Waals surface area contributed by atoms with Crippen molar-refractivity contribution in [2.75, 3.05) is 0 Å². The summed E-state index contributed by atoms with van der Waals surface area (Å²) in [5.74, 6) is 0.883. The van der Waals surface area contributed by atoms with Crippen LogP contribution in [0, 0.1) is 6.92 Å². The van der Waals surface area contributed by atoms with Crippen LogP contribution in [0.3, 0.4) is 0 Å². The molecule has 5 rings (SSSR count). The van der Waals surface area contributed by atoms with Gasteiger partial charge in [0.25, 0.3) is 5.56 Å². The molecule has 7 heteroatoms. The fourth-order valence-corrected chi connectivity index (χ4v) is 3.59. The highest BCUT2D eigenvalue weighted by atomic mass is 16.4. The van der Waals surface area contributed by atoms with E-state index in [1.165, 1.54) is 9.13 Å². The summed E-state index contributed by atoms with van der Waals surface area (Å²) in [5, 5.41) is 0. The number of aromatic nitrogens is 4. The molecule has 5 aromatic rings. The van der Waals surface area contributed by atoms with E-state index < -0.39 is 5.69 Å². The van der Waals surface area contributed by atoms with E-state index in [1.807, 2.05) is 61.5 Å². The zero-order valence-electron chi connectivity index (χ0n) is 16.0. The van der Waals surface area contributed by atoms with Crippen molar-refractivity contribution in [3.05, 3.63) is 92.8 Å². The van der Waals surface area contributed by atoms with E-state index in [1.54, 1.807) is 17.6 Å². The first-order valence-corrected chi connectivity index (χ1v) is 9.26. The molecule has 3 heterocycles. The molecule has 0 N–H and O–H groups in total. The second kappa shape index (κ2) is 6.34. The van der Waals surface area contributed by atoms with Crippen LogP contribution in [0.25, 0.3) is 28.3 Å². The first kappa shape index (κ1) is 17.2. The molecule has 2 aromatic carbocycles. The Labute approximate surface area is 165 Å². The van der Waals surface area contributed by atoms with Gasteiger partial charge in [0.05, 0.1) is 12.7 Å². The Morgan fingerprint density at radius 3 is 2.48 bits per heavy atom. The summed E-state index contributed by atoms with van der Waals surface area (Å²) in [6.45, 7) is 2.16. The first-order chi connectivity index (χ1) is 14.0. The molecule has 144 valence electrons. The van der Waals surface area contributed by atoms with Crippen LogP contribution in [0.2, 0.25) is 0 Å². The van der Waals surface area contributed by atoms with E-state index >= 15 is 0 Å². The fraction of sp³-hybridized carbons (Fsp3) is 0.136. The maximum absolute atomic E-state index is 13.3. The van der Waals surface area contributed by atoms with Crippen molar-refractivity contribution in [2.24, 2.45) is 7.05 Å². The molecule has 0 spiro atoms. The summed E-state index contributed by atoms with van der Waals surface area (Å²) in [7, 11) is 1.61.